The molecule has 1 saturated carbocycles. The Labute approximate surface area is 184 Å². The molecule has 1 aromatic carbocycles. The minimum Gasteiger partial charge on any atom is -0.486 e. The summed E-state index contributed by atoms with van der Waals surface area (Å²) in [5.41, 5.74) is 0.746. The zero-order valence-electron chi connectivity index (χ0n) is 18.1. The first-order valence-electron chi connectivity index (χ1n) is 11.7. The van der Waals surface area contributed by atoms with E-state index < -0.39 is 6.10 Å². The number of amides is 1. The number of carbonyl (C=O) groups is 1. The number of aliphatic hydroxyl groups is 1. The van der Waals surface area contributed by atoms with Crippen LogP contribution in [0.3, 0.4) is 0 Å². The molecule has 3 aliphatic rings. The van der Waals surface area contributed by atoms with Crippen LogP contribution in [0.1, 0.15) is 63.0 Å². The molecule has 4 atom stereocenters. The standard InChI is InChI=1S/C24H33N3O4/c25-10-4-2-1-3-7-22(28)26-23(18-16-19(18)27-11-5-6-12-27)24(29)17-8-9-20-21(15-17)31-14-13-30-20/h8-9,15,18-19,23-24,29H,1-7,11-14,16H2,(H,26,28)/t18-,19?,23?,24?/m1/s1. The third-order valence-electron chi connectivity index (χ3n) is 6.64. The van der Waals surface area contributed by atoms with E-state index in [9.17, 15) is 9.90 Å². The molecule has 0 spiro atoms. The number of nitrogens with one attached hydrogen (secondary N) is 1. The molecule has 0 bridgehead atoms. The third kappa shape index (κ3) is 5.50. The average molecular weight is 428 g/mol. The van der Waals surface area contributed by atoms with Crippen molar-refractivity contribution in [2.24, 2.45) is 5.92 Å². The number of likely N-dealkylation sites (tertiary alicyclic amines) is 1. The Hall–Kier alpha value is -2.30. The highest BCUT2D eigenvalue weighted by molar-refractivity contribution is 5.76. The smallest absolute Gasteiger partial charge is 0.220 e. The molecule has 7 nitrogen and oxygen atoms in total. The molecule has 0 radical (unpaired) electrons. The van der Waals surface area contributed by atoms with Gasteiger partial charge in [-0.15, -0.1) is 0 Å². The van der Waals surface area contributed by atoms with Gasteiger partial charge in [-0.3, -0.25) is 4.79 Å². The predicted molar refractivity (Wildman–Crippen MR) is 116 cm³/mol. The second kappa shape index (κ2) is 10.3. The van der Waals surface area contributed by atoms with Gasteiger partial charge in [-0.25, -0.2) is 0 Å². The van der Waals surface area contributed by atoms with Crippen molar-refractivity contribution in [2.45, 2.75) is 69.6 Å². The van der Waals surface area contributed by atoms with Gasteiger partial charge >= 0.3 is 0 Å². The van der Waals surface area contributed by atoms with Crippen molar-refractivity contribution in [3.8, 4) is 17.6 Å². The highest BCUT2D eigenvalue weighted by Crippen LogP contribution is 2.44. The fourth-order valence-corrected chi connectivity index (χ4v) is 4.88. The molecule has 4 rings (SSSR count). The molecule has 1 aliphatic carbocycles. The van der Waals surface area contributed by atoms with Crippen LogP contribution in [0.4, 0.5) is 0 Å². The first-order valence-corrected chi connectivity index (χ1v) is 11.7. The van der Waals surface area contributed by atoms with E-state index in [4.69, 9.17) is 14.7 Å². The molecule has 1 saturated heterocycles. The number of unbranched alkanes of at least 4 members (excludes halogenated alkanes) is 3. The van der Waals surface area contributed by atoms with Crippen LogP contribution in [0.2, 0.25) is 0 Å². The molecule has 1 amide bonds. The Morgan fingerprint density at radius 2 is 1.97 bits per heavy atom. The highest BCUT2D eigenvalue weighted by Gasteiger charge is 2.49. The van der Waals surface area contributed by atoms with Crippen LogP contribution in [0.5, 0.6) is 11.5 Å². The fourth-order valence-electron chi connectivity index (χ4n) is 4.88. The first kappa shape index (κ1) is 21.9. The molecule has 2 N–H and O–H groups in total. The van der Waals surface area contributed by atoms with E-state index in [0.717, 1.165) is 44.3 Å². The zero-order chi connectivity index (χ0) is 21.6. The number of benzene rings is 1. The summed E-state index contributed by atoms with van der Waals surface area (Å²) in [5.74, 6) is 1.58. The van der Waals surface area contributed by atoms with Gasteiger partial charge in [-0.05, 0) is 68.8 Å². The Morgan fingerprint density at radius 3 is 2.74 bits per heavy atom. The summed E-state index contributed by atoms with van der Waals surface area (Å²) >= 11 is 0. The van der Waals surface area contributed by atoms with Gasteiger partial charge in [-0.2, -0.15) is 5.26 Å². The molecule has 31 heavy (non-hydrogen) atoms. The van der Waals surface area contributed by atoms with Gasteiger partial charge < -0.3 is 24.8 Å². The molecule has 2 fully saturated rings. The number of nitriles is 1. The molecular formula is C24H33N3O4. The van der Waals surface area contributed by atoms with Crippen LogP contribution >= 0.6 is 0 Å². The van der Waals surface area contributed by atoms with Crippen molar-refractivity contribution in [1.29, 1.82) is 5.26 Å². The van der Waals surface area contributed by atoms with Gasteiger partial charge in [0.2, 0.25) is 5.91 Å². The summed E-state index contributed by atoms with van der Waals surface area (Å²) in [6.45, 7) is 3.25. The number of fused-ring (bicyclic) bond motifs is 1. The molecule has 7 heteroatoms. The first-order chi connectivity index (χ1) is 15.2. The monoisotopic (exact) mass is 427 g/mol. The maximum Gasteiger partial charge on any atom is 0.220 e. The lowest BCUT2D eigenvalue weighted by Crippen LogP contribution is -2.43. The second-order valence-electron chi connectivity index (χ2n) is 8.87. The summed E-state index contributed by atoms with van der Waals surface area (Å²) in [6.07, 6.45) is 6.10. The minimum absolute atomic E-state index is 0.0226. The van der Waals surface area contributed by atoms with Gasteiger partial charge in [0, 0.05) is 18.9 Å². The number of ether oxygens (including phenoxy) is 2. The van der Waals surface area contributed by atoms with Crippen LogP contribution in [0, 0.1) is 17.2 Å². The van der Waals surface area contributed by atoms with E-state index in [1.54, 1.807) is 0 Å². The van der Waals surface area contributed by atoms with E-state index in [1.165, 1.54) is 12.8 Å². The summed E-state index contributed by atoms with van der Waals surface area (Å²) < 4.78 is 11.3. The molecule has 1 aromatic rings. The number of aliphatic hydroxyl groups excluding tert-OH is 1. The molecule has 3 unspecified atom stereocenters. The van der Waals surface area contributed by atoms with Crippen molar-refractivity contribution >= 4 is 5.91 Å². The van der Waals surface area contributed by atoms with Gasteiger partial charge in [0.1, 0.15) is 13.2 Å². The van der Waals surface area contributed by atoms with Crippen molar-refractivity contribution in [3.63, 3.8) is 0 Å². The lowest BCUT2D eigenvalue weighted by atomic mass is 9.97. The van der Waals surface area contributed by atoms with Crippen LogP contribution in [0.25, 0.3) is 0 Å². The molecule has 0 aromatic heterocycles. The predicted octanol–water partition coefficient (Wildman–Crippen LogP) is 2.93. The maximum absolute atomic E-state index is 12.7. The van der Waals surface area contributed by atoms with E-state index in [2.05, 4.69) is 16.3 Å². The average Bonchev–Trinajstić information content (AvgIpc) is 3.39. The van der Waals surface area contributed by atoms with Crippen LogP contribution in [0.15, 0.2) is 18.2 Å². The van der Waals surface area contributed by atoms with Gasteiger partial charge in [0.25, 0.3) is 0 Å². The second-order valence-corrected chi connectivity index (χ2v) is 8.87. The summed E-state index contributed by atoms with van der Waals surface area (Å²) in [4.78, 5) is 15.2. The number of nitrogens with zero attached hydrogens (tertiary/aromatic N) is 2. The van der Waals surface area contributed by atoms with Crippen molar-refractivity contribution in [2.75, 3.05) is 26.3 Å². The third-order valence-corrected chi connectivity index (χ3v) is 6.64. The number of hydrogen-bond acceptors (Lipinski definition) is 6. The molecule has 2 aliphatic heterocycles. The molecular weight excluding hydrogens is 394 g/mol. The Kier molecular flexibility index (Phi) is 7.31. The normalized spacial score (nSPS) is 24.3. The van der Waals surface area contributed by atoms with Gasteiger partial charge in [0.15, 0.2) is 11.5 Å². The van der Waals surface area contributed by atoms with Crippen LogP contribution < -0.4 is 14.8 Å². The summed E-state index contributed by atoms with van der Waals surface area (Å²) in [6, 6.07) is 7.81. The van der Waals surface area contributed by atoms with Crippen molar-refractivity contribution in [1.82, 2.24) is 10.2 Å². The van der Waals surface area contributed by atoms with Crippen LogP contribution in [-0.4, -0.2) is 54.3 Å². The topological polar surface area (TPSA) is 94.8 Å². The summed E-state index contributed by atoms with van der Waals surface area (Å²) in [5, 5.41) is 23.1. The zero-order valence-corrected chi connectivity index (χ0v) is 18.1. The highest BCUT2D eigenvalue weighted by atomic mass is 16.6. The van der Waals surface area contributed by atoms with E-state index in [0.29, 0.717) is 43.6 Å². The van der Waals surface area contributed by atoms with Crippen molar-refractivity contribution in [3.05, 3.63) is 23.8 Å². The lowest BCUT2D eigenvalue weighted by Gasteiger charge is -2.27. The minimum atomic E-state index is -0.795. The number of rotatable bonds is 10. The fraction of sp³-hybridized carbons (Fsp3) is 0.667. The number of carbonyl (C=O) groups excluding carboxylic acids is 1. The molecule has 168 valence electrons. The van der Waals surface area contributed by atoms with Gasteiger partial charge in [-0.1, -0.05) is 12.5 Å². The van der Waals surface area contributed by atoms with E-state index in [1.807, 2.05) is 18.2 Å². The molecule has 2 heterocycles. The lowest BCUT2D eigenvalue weighted by molar-refractivity contribution is -0.123. The summed E-state index contributed by atoms with van der Waals surface area (Å²) in [7, 11) is 0. The largest absolute Gasteiger partial charge is 0.486 e. The van der Waals surface area contributed by atoms with Crippen molar-refractivity contribution < 1.29 is 19.4 Å². The SMILES string of the molecule is N#CCCCCCC(=O)NC(C(O)c1ccc2c(c1)OCCO2)[C@@H]1CC1N1CCCC1. The Bertz CT molecular complexity index is 803. The maximum atomic E-state index is 12.7. The van der Waals surface area contributed by atoms with Crippen LogP contribution in [-0.2, 0) is 4.79 Å². The number of hydrogen-bond donors (Lipinski definition) is 2. The van der Waals surface area contributed by atoms with Gasteiger partial charge in [0.05, 0.1) is 18.2 Å². The van der Waals surface area contributed by atoms with E-state index >= 15 is 0 Å². The Morgan fingerprint density at radius 1 is 1.19 bits per heavy atom. The van der Waals surface area contributed by atoms with E-state index in [-0.39, 0.29) is 17.9 Å². The Balaban J connectivity index is 1.42. The quantitative estimate of drug-likeness (QED) is 0.558.